The van der Waals surface area contributed by atoms with Crippen LogP contribution in [0.4, 0.5) is 10.1 Å². The van der Waals surface area contributed by atoms with Gasteiger partial charge in [-0.3, -0.25) is 14.5 Å². The Hall–Kier alpha value is -1.73. The molecule has 0 unspecified atom stereocenters. The van der Waals surface area contributed by atoms with E-state index in [0.717, 1.165) is 11.0 Å². The highest BCUT2D eigenvalue weighted by Crippen LogP contribution is 2.25. The molecule has 0 aliphatic carbocycles. The molecule has 1 aliphatic heterocycles. The van der Waals surface area contributed by atoms with Crippen molar-refractivity contribution in [3.05, 3.63) is 39.8 Å². The number of imide groups is 1. The minimum atomic E-state index is -0.512. The summed E-state index contributed by atoms with van der Waals surface area (Å²) in [5.41, 5.74) is 1.00. The molecule has 0 fully saturated rings. The lowest BCUT2D eigenvalue weighted by Crippen LogP contribution is -2.34. The number of rotatable bonds is 4. The average molecular weight is 343 g/mol. The Balaban J connectivity index is 2.21. The predicted octanol–water partition coefficient (Wildman–Crippen LogP) is 1.55. The van der Waals surface area contributed by atoms with Crippen molar-refractivity contribution >= 4 is 33.4 Å². The van der Waals surface area contributed by atoms with Gasteiger partial charge in [0, 0.05) is 11.8 Å². The molecule has 0 aromatic heterocycles. The van der Waals surface area contributed by atoms with E-state index < -0.39 is 11.8 Å². The first-order valence-corrected chi connectivity index (χ1v) is 6.64. The van der Waals surface area contributed by atoms with Gasteiger partial charge in [0.25, 0.3) is 11.8 Å². The first kappa shape index (κ1) is 14.7. The number of carbonyl (C=O) groups is 2. The quantitative estimate of drug-likeness (QED) is 0.814. The van der Waals surface area contributed by atoms with Crippen LogP contribution in [0.15, 0.2) is 28.4 Å². The van der Waals surface area contributed by atoms with E-state index in [1.165, 1.54) is 12.1 Å². The molecular formula is C13H12BrFN2O3. The van der Waals surface area contributed by atoms with Gasteiger partial charge in [0.15, 0.2) is 0 Å². The number of halogens is 2. The van der Waals surface area contributed by atoms with E-state index in [-0.39, 0.29) is 29.1 Å². The number of hydrogen-bond acceptors (Lipinski definition) is 4. The topological polar surface area (TPSA) is 69.6 Å². The van der Waals surface area contributed by atoms with Crippen molar-refractivity contribution < 1.29 is 19.1 Å². The number of aryl methyl sites for hydroxylation is 1. The van der Waals surface area contributed by atoms with Crippen molar-refractivity contribution in [1.29, 1.82) is 0 Å². The van der Waals surface area contributed by atoms with Crippen LogP contribution in [-0.4, -0.2) is 35.0 Å². The van der Waals surface area contributed by atoms with Gasteiger partial charge in [-0.15, -0.1) is 0 Å². The molecule has 7 heteroatoms. The molecule has 2 amide bonds. The normalized spacial score (nSPS) is 14.8. The van der Waals surface area contributed by atoms with E-state index in [0.29, 0.717) is 11.3 Å². The van der Waals surface area contributed by atoms with Crippen LogP contribution in [0.3, 0.4) is 0 Å². The molecular weight excluding hydrogens is 331 g/mol. The molecule has 5 nitrogen and oxygen atoms in total. The molecule has 0 radical (unpaired) electrons. The zero-order valence-corrected chi connectivity index (χ0v) is 12.2. The van der Waals surface area contributed by atoms with Crippen molar-refractivity contribution in [3.63, 3.8) is 0 Å². The number of β-amino-alcohol motifs (C(OH)–C–C–N with tert-alkyl or cyclic N) is 1. The Labute approximate surface area is 123 Å². The van der Waals surface area contributed by atoms with E-state index in [9.17, 15) is 14.0 Å². The van der Waals surface area contributed by atoms with Crippen molar-refractivity contribution in [1.82, 2.24) is 4.90 Å². The minimum Gasteiger partial charge on any atom is -0.395 e. The number of aliphatic hydroxyl groups excluding tert-OH is 1. The van der Waals surface area contributed by atoms with Gasteiger partial charge in [-0.2, -0.15) is 0 Å². The average Bonchev–Trinajstić information content (AvgIpc) is 2.64. The Morgan fingerprint density at radius 1 is 1.40 bits per heavy atom. The number of aliphatic hydroxyl groups is 1. The Kier molecular flexibility index (Phi) is 4.20. The Bertz CT molecular complexity index is 593. The van der Waals surface area contributed by atoms with Gasteiger partial charge >= 0.3 is 0 Å². The maximum absolute atomic E-state index is 13.5. The largest absolute Gasteiger partial charge is 0.395 e. The van der Waals surface area contributed by atoms with Crippen molar-refractivity contribution in [2.24, 2.45) is 0 Å². The summed E-state index contributed by atoms with van der Waals surface area (Å²) in [7, 11) is 0. The number of carbonyl (C=O) groups excluding carboxylic acids is 2. The van der Waals surface area contributed by atoms with Gasteiger partial charge in [-0.05, 0) is 40.5 Å². The fourth-order valence-corrected chi connectivity index (χ4v) is 2.42. The second-order valence-electron chi connectivity index (χ2n) is 4.29. The lowest BCUT2D eigenvalue weighted by Gasteiger charge is -2.14. The van der Waals surface area contributed by atoms with E-state index in [1.807, 2.05) is 0 Å². The third-order valence-electron chi connectivity index (χ3n) is 2.82. The van der Waals surface area contributed by atoms with Crippen LogP contribution >= 0.6 is 15.9 Å². The maximum atomic E-state index is 13.5. The van der Waals surface area contributed by atoms with Crippen LogP contribution in [0.1, 0.15) is 5.56 Å². The summed E-state index contributed by atoms with van der Waals surface area (Å²) < 4.78 is 13.7. The van der Waals surface area contributed by atoms with Crippen LogP contribution in [0.5, 0.6) is 0 Å². The molecule has 106 valence electrons. The number of hydrogen-bond donors (Lipinski definition) is 2. The van der Waals surface area contributed by atoms with E-state index >= 15 is 0 Å². The van der Waals surface area contributed by atoms with Crippen LogP contribution in [0.25, 0.3) is 0 Å². The van der Waals surface area contributed by atoms with Crippen LogP contribution in [0.2, 0.25) is 0 Å². The highest BCUT2D eigenvalue weighted by Gasteiger charge is 2.30. The lowest BCUT2D eigenvalue weighted by atomic mass is 10.2. The molecule has 0 atom stereocenters. The van der Waals surface area contributed by atoms with Gasteiger partial charge in [0.1, 0.15) is 11.5 Å². The number of benzene rings is 1. The highest BCUT2D eigenvalue weighted by molar-refractivity contribution is 9.10. The van der Waals surface area contributed by atoms with Crippen LogP contribution < -0.4 is 5.32 Å². The first-order valence-electron chi connectivity index (χ1n) is 5.85. The van der Waals surface area contributed by atoms with E-state index in [1.54, 1.807) is 6.92 Å². The van der Waals surface area contributed by atoms with E-state index in [2.05, 4.69) is 21.2 Å². The fourth-order valence-electron chi connectivity index (χ4n) is 1.86. The van der Waals surface area contributed by atoms with Crippen molar-refractivity contribution in [2.75, 3.05) is 18.5 Å². The second kappa shape index (κ2) is 5.72. The van der Waals surface area contributed by atoms with Crippen molar-refractivity contribution in [3.8, 4) is 0 Å². The van der Waals surface area contributed by atoms with Crippen LogP contribution in [0, 0.1) is 12.7 Å². The standard InChI is InChI=1S/C13H12BrFN2O3/c1-7-4-8(5-9(14)12(7)15)16-10-6-11(19)17(2-3-18)13(10)20/h4-6,16,18H,2-3H2,1H3. The number of anilines is 1. The molecule has 0 spiro atoms. The molecule has 20 heavy (non-hydrogen) atoms. The molecule has 0 saturated carbocycles. The molecule has 0 bridgehead atoms. The number of nitrogens with zero attached hydrogens (tertiary/aromatic N) is 1. The number of amides is 2. The zero-order chi connectivity index (χ0) is 14.9. The lowest BCUT2D eigenvalue weighted by molar-refractivity contribution is -0.137. The maximum Gasteiger partial charge on any atom is 0.277 e. The second-order valence-corrected chi connectivity index (χ2v) is 5.14. The summed E-state index contributed by atoms with van der Waals surface area (Å²) in [4.78, 5) is 24.4. The highest BCUT2D eigenvalue weighted by atomic mass is 79.9. The summed E-state index contributed by atoms with van der Waals surface area (Å²) in [5, 5.41) is 11.6. The van der Waals surface area contributed by atoms with Gasteiger partial charge in [0.2, 0.25) is 0 Å². The molecule has 1 aromatic rings. The van der Waals surface area contributed by atoms with Gasteiger partial charge < -0.3 is 10.4 Å². The summed E-state index contributed by atoms with van der Waals surface area (Å²) in [5.74, 6) is -1.37. The molecule has 0 saturated heterocycles. The molecule has 2 N–H and O–H groups in total. The molecule has 1 aromatic carbocycles. The SMILES string of the molecule is Cc1cc(NC2=CC(=O)N(CCO)C2=O)cc(Br)c1F. The third-order valence-corrected chi connectivity index (χ3v) is 3.40. The monoisotopic (exact) mass is 342 g/mol. The first-order chi connectivity index (χ1) is 9.43. The third kappa shape index (κ3) is 2.73. The predicted molar refractivity (Wildman–Crippen MR) is 74.3 cm³/mol. The molecule has 1 aliphatic rings. The Morgan fingerprint density at radius 2 is 2.10 bits per heavy atom. The molecule has 2 rings (SSSR count). The fraction of sp³-hybridized carbons (Fsp3) is 0.231. The van der Waals surface area contributed by atoms with Gasteiger partial charge in [-0.1, -0.05) is 0 Å². The smallest absolute Gasteiger partial charge is 0.277 e. The number of nitrogens with one attached hydrogen (secondary N) is 1. The van der Waals surface area contributed by atoms with E-state index in [4.69, 9.17) is 5.11 Å². The molecule has 1 heterocycles. The van der Waals surface area contributed by atoms with Crippen LogP contribution in [-0.2, 0) is 9.59 Å². The summed E-state index contributed by atoms with van der Waals surface area (Å²) >= 11 is 3.08. The Morgan fingerprint density at radius 3 is 2.70 bits per heavy atom. The van der Waals surface area contributed by atoms with Gasteiger partial charge in [0.05, 0.1) is 17.6 Å². The minimum absolute atomic E-state index is 0.0501. The zero-order valence-electron chi connectivity index (χ0n) is 10.6. The summed E-state index contributed by atoms with van der Waals surface area (Å²) in [6, 6.07) is 3.02. The summed E-state index contributed by atoms with van der Waals surface area (Å²) in [6.45, 7) is 1.25. The van der Waals surface area contributed by atoms with Gasteiger partial charge in [-0.25, -0.2) is 4.39 Å². The summed E-state index contributed by atoms with van der Waals surface area (Å²) in [6.07, 6.45) is 1.16. The van der Waals surface area contributed by atoms with Crippen molar-refractivity contribution in [2.45, 2.75) is 6.92 Å².